The first-order valence-electron chi connectivity index (χ1n) is 4.93. The number of nitrogens with zero attached hydrogens (tertiary/aromatic N) is 1. The van der Waals surface area contributed by atoms with Crippen LogP contribution in [0.3, 0.4) is 0 Å². The first-order valence-corrected chi connectivity index (χ1v) is 4.93. The molecule has 1 aromatic carbocycles. The normalized spacial score (nSPS) is 9.67. The molecule has 0 spiro atoms. The fourth-order valence-electron chi connectivity index (χ4n) is 1.45. The zero-order valence-electron chi connectivity index (χ0n) is 8.40. The minimum atomic E-state index is 0.602. The Kier molecular flexibility index (Phi) is 2.96. The van der Waals surface area contributed by atoms with Crippen molar-refractivity contribution in [2.24, 2.45) is 5.73 Å². The molecule has 0 aliphatic rings. The van der Waals surface area contributed by atoms with Crippen molar-refractivity contribution in [3.63, 3.8) is 0 Å². The van der Waals surface area contributed by atoms with E-state index in [0.717, 1.165) is 22.8 Å². The summed E-state index contributed by atoms with van der Waals surface area (Å²) in [6.07, 6.45) is 4.37. The molecule has 2 heteroatoms. The number of pyridine rings is 1. The standard InChI is InChI=1S/C13H12N2/c14-8-4-3-6-12-10-15-9-11-5-1-2-7-13(11)12/h1-2,5,7,9-10H,4,8,14H2. The van der Waals surface area contributed by atoms with Crippen molar-refractivity contribution < 1.29 is 0 Å². The Labute approximate surface area is 89.1 Å². The van der Waals surface area contributed by atoms with Gasteiger partial charge in [-0.2, -0.15) is 0 Å². The molecule has 0 atom stereocenters. The Morgan fingerprint density at radius 2 is 2.07 bits per heavy atom. The molecule has 2 nitrogen and oxygen atoms in total. The summed E-state index contributed by atoms with van der Waals surface area (Å²) in [5.41, 5.74) is 6.36. The molecule has 0 aliphatic heterocycles. The van der Waals surface area contributed by atoms with Gasteiger partial charge in [-0.15, -0.1) is 0 Å². The second-order valence-corrected chi connectivity index (χ2v) is 3.25. The van der Waals surface area contributed by atoms with Crippen molar-refractivity contribution in [2.45, 2.75) is 6.42 Å². The summed E-state index contributed by atoms with van der Waals surface area (Å²) >= 11 is 0. The summed E-state index contributed by atoms with van der Waals surface area (Å²) in [7, 11) is 0. The van der Waals surface area contributed by atoms with Gasteiger partial charge in [0.2, 0.25) is 0 Å². The SMILES string of the molecule is NCCC#Cc1cncc2ccccc12. The summed E-state index contributed by atoms with van der Waals surface area (Å²) in [5.74, 6) is 6.12. The largest absolute Gasteiger partial charge is 0.330 e. The molecule has 74 valence electrons. The molecular formula is C13H12N2. The Hall–Kier alpha value is -1.85. The van der Waals surface area contributed by atoms with Crippen molar-refractivity contribution >= 4 is 10.8 Å². The van der Waals surface area contributed by atoms with Crippen molar-refractivity contribution in [2.75, 3.05) is 6.54 Å². The van der Waals surface area contributed by atoms with E-state index < -0.39 is 0 Å². The molecule has 0 amide bonds. The van der Waals surface area contributed by atoms with Crippen molar-refractivity contribution in [1.82, 2.24) is 4.98 Å². The summed E-state index contributed by atoms with van der Waals surface area (Å²) in [4.78, 5) is 4.16. The predicted molar refractivity (Wildman–Crippen MR) is 62.3 cm³/mol. The van der Waals surface area contributed by atoms with Gasteiger partial charge in [0.25, 0.3) is 0 Å². The molecule has 0 radical (unpaired) electrons. The van der Waals surface area contributed by atoms with E-state index in [4.69, 9.17) is 5.73 Å². The third-order valence-electron chi connectivity index (χ3n) is 2.16. The molecule has 0 bridgehead atoms. The number of nitrogens with two attached hydrogens (primary N) is 1. The van der Waals surface area contributed by atoms with Crippen LogP contribution in [-0.2, 0) is 0 Å². The zero-order valence-corrected chi connectivity index (χ0v) is 8.40. The van der Waals surface area contributed by atoms with E-state index in [0.29, 0.717) is 6.54 Å². The highest BCUT2D eigenvalue weighted by molar-refractivity contribution is 5.87. The van der Waals surface area contributed by atoms with Crippen LogP contribution in [0.5, 0.6) is 0 Å². The van der Waals surface area contributed by atoms with Crippen LogP contribution >= 0.6 is 0 Å². The van der Waals surface area contributed by atoms with Gasteiger partial charge in [-0.3, -0.25) is 4.98 Å². The lowest BCUT2D eigenvalue weighted by Crippen LogP contribution is -1.95. The molecule has 1 aromatic heterocycles. The molecule has 0 aliphatic carbocycles. The second-order valence-electron chi connectivity index (χ2n) is 3.25. The Balaban J connectivity index is 2.48. The highest BCUT2D eigenvalue weighted by atomic mass is 14.6. The van der Waals surface area contributed by atoms with Gasteiger partial charge in [-0.05, 0) is 0 Å². The van der Waals surface area contributed by atoms with E-state index in [-0.39, 0.29) is 0 Å². The molecule has 0 fully saturated rings. The van der Waals surface area contributed by atoms with Gasteiger partial charge in [0, 0.05) is 36.1 Å². The first-order chi connectivity index (χ1) is 7.42. The topological polar surface area (TPSA) is 38.9 Å². The van der Waals surface area contributed by atoms with Gasteiger partial charge < -0.3 is 5.73 Å². The number of rotatable bonds is 1. The van der Waals surface area contributed by atoms with E-state index >= 15 is 0 Å². The highest BCUT2D eigenvalue weighted by Crippen LogP contribution is 2.15. The van der Waals surface area contributed by atoms with Crippen molar-refractivity contribution in [3.8, 4) is 11.8 Å². The summed E-state index contributed by atoms with van der Waals surface area (Å²) in [6.45, 7) is 0.602. The maximum atomic E-state index is 5.39. The predicted octanol–water partition coefficient (Wildman–Crippen LogP) is 1.94. The quantitative estimate of drug-likeness (QED) is 0.708. The van der Waals surface area contributed by atoms with Gasteiger partial charge in [0.1, 0.15) is 0 Å². The third-order valence-corrected chi connectivity index (χ3v) is 2.16. The van der Waals surface area contributed by atoms with E-state index in [1.807, 2.05) is 24.4 Å². The molecule has 0 saturated heterocycles. The van der Waals surface area contributed by atoms with Crippen LogP contribution < -0.4 is 5.73 Å². The van der Waals surface area contributed by atoms with Gasteiger partial charge in [0.15, 0.2) is 0 Å². The smallest absolute Gasteiger partial charge is 0.0507 e. The molecule has 0 unspecified atom stereocenters. The van der Waals surface area contributed by atoms with Gasteiger partial charge >= 0.3 is 0 Å². The average Bonchev–Trinajstić information content (AvgIpc) is 2.30. The molecule has 0 saturated carbocycles. The maximum absolute atomic E-state index is 5.39. The average molecular weight is 196 g/mol. The lowest BCUT2D eigenvalue weighted by atomic mass is 10.1. The summed E-state index contributed by atoms with van der Waals surface area (Å²) in [6, 6.07) is 8.11. The molecule has 1 heterocycles. The Morgan fingerprint density at radius 3 is 2.93 bits per heavy atom. The van der Waals surface area contributed by atoms with E-state index in [1.54, 1.807) is 6.20 Å². The number of fused-ring (bicyclic) bond motifs is 1. The molecular weight excluding hydrogens is 184 g/mol. The van der Waals surface area contributed by atoms with Crippen molar-refractivity contribution in [1.29, 1.82) is 0 Å². The zero-order chi connectivity index (χ0) is 10.5. The second kappa shape index (κ2) is 4.59. The third kappa shape index (κ3) is 2.15. The Morgan fingerprint density at radius 1 is 1.20 bits per heavy atom. The fourth-order valence-corrected chi connectivity index (χ4v) is 1.45. The summed E-state index contributed by atoms with van der Waals surface area (Å²) in [5, 5.41) is 2.27. The van der Waals surface area contributed by atoms with Crippen LogP contribution in [0.15, 0.2) is 36.7 Å². The number of hydrogen-bond donors (Lipinski definition) is 1. The van der Waals surface area contributed by atoms with Gasteiger partial charge in [0.05, 0.1) is 5.56 Å². The fraction of sp³-hybridized carbons (Fsp3) is 0.154. The summed E-state index contributed by atoms with van der Waals surface area (Å²) < 4.78 is 0. The number of hydrogen-bond acceptors (Lipinski definition) is 2. The molecule has 2 rings (SSSR count). The van der Waals surface area contributed by atoms with E-state index in [1.165, 1.54) is 0 Å². The van der Waals surface area contributed by atoms with E-state index in [2.05, 4.69) is 22.9 Å². The van der Waals surface area contributed by atoms with Gasteiger partial charge in [-0.1, -0.05) is 36.1 Å². The monoisotopic (exact) mass is 196 g/mol. The number of aromatic nitrogens is 1. The molecule has 15 heavy (non-hydrogen) atoms. The molecule has 2 N–H and O–H groups in total. The van der Waals surface area contributed by atoms with Crippen molar-refractivity contribution in [3.05, 3.63) is 42.2 Å². The minimum Gasteiger partial charge on any atom is -0.330 e. The minimum absolute atomic E-state index is 0.602. The van der Waals surface area contributed by atoms with Crippen LogP contribution in [0.4, 0.5) is 0 Å². The molecule has 2 aromatic rings. The van der Waals surface area contributed by atoms with Crippen LogP contribution in [0.1, 0.15) is 12.0 Å². The van der Waals surface area contributed by atoms with Crippen LogP contribution in [0, 0.1) is 11.8 Å². The Bertz CT molecular complexity index is 515. The first kappa shape index (κ1) is 9.70. The maximum Gasteiger partial charge on any atom is 0.0507 e. The highest BCUT2D eigenvalue weighted by Gasteiger charge is 1.96. The number of benzene rings is 1. The van der Waals surface area contributed by atoms with Crippen LogP contribution in [0.2, 0.25) is 0 Å². The van der Waals surface area contributed by atoms with E-state index in [9.17, 15) is 0 Å². The van der Waals surface area contributed by atoms with Crippen LogP contribution in [0.25, 0.3) is 10.8 Å². The lowest BCUT2D eigenvalue weighted by molar-refractivity contribution is 1.03. The lowest BCUT2D eigenvalue weighted by Gasteiger charge is -1.98. The van der Waals surface area contributed by atoms with Gasteiger partial charge in [-0.25, -0.2) is 0 Å². The van der Waals surface area contributed by atoms with Crippen LogP contribution in [-0.4, -0.2) is 11.5 Å².